The van der Waals surface area contributed by atoms with Crippen molar-refractivity contribution in [2.24, 2.45) is 0 Å². The van der Waals surface area contributed by atoms with Crippen LogP contribution in [0.15, 0.2) is 48.5 Å². The van der Waals surface area contributed by atoms with Crippen LogP contribution < -0.4 is 18.9 Å². The SMILES string of the molecule is COc1ccc(OC)c2cc3c(cc12)C(=O)c1cc2c(OC)ccc(OC)c2cc1C3=O. The smallest absolute Gasteiger partial charge is 0.194 e. The summed E-state index contributed by atoms with van der Waals surface area (Å²) in [4.78, 5) is 27.1. The van der Waals surface area contributed by atoms with Gasteiger partial charge in [-0.2, -0.15) is 0 Å². The van der Waals surface area contributed by atoms with Gasteiger partial charge in [-0.15, -0.1) is 0 Å². The molecule has 0 unspecified atom stereocenters. The van der Waals surface area contributed by atoms with E-state index in [0.29, 0.717) is 66.8 Å². The van der Waals surface area contributed by atoms with Crippen LogP contribution in [0.25, 0.3) is 21.5 Å². The minimum Gasteiger partial charge on any atom is -0.496 e. The zero-order chi connectivity index (χ0) is 22.6. The molecule has 0 amide bonds. The number of carbonyl (C=O) groups excluding carboxylic acids is 2. The van der Waals surface area contributed by atoms with Gasteiger partial charge in [0.1, 0.15) is 23.0 Å². The van der Waals surface area contributed by atoms with Crippen LogP contribution in [-0.2, 0) is 0 Å². The number of benzene rings is 4. The zero-order valence-corrected chi connectivity index (χ0v) is 18.1. The molecule has 0 aromatic heterocycles. The lowest BCUT2D eigenvalue weighted by atomic mass is 9.81. The van der Waals surface area contributed by atoms with Crippen molar-refractivity contribution < 1.29 is 28.5 Å². The Morgan fingerprint density at radius 1 is 0.438 bits per heavy atom. The van der Waals surface area contributed by atoms with Crippen LogP contribution in [0.4, 0.5) is 0 Å². The molecule has 1 aliphatic rings. The van der Waals surface area contributed by atoms with Crippen LogP contribution in [0.1, 0.15) is 31.8 Å². The highest BCUT2D eigenvalue weighted by Crippen LogP contribution is 2.41. The van der Waals surface area contributed by atoms with Gasteiger partial charge in [0.2, 0.25) is 0 Å². The second-order valence-corrected chi connectivity index (χ2v) is 7.49. The van der Waals surface area contributed by atoms with Gasteiger partial charge < -0.3 is 18.9 Å². The fourth-order valence-corrected chi connectivity index (χ4v) is 4.43. The highest BCUT2D eigenvalue weighted by molar-refractivity contribution is 6.31. The summed E-state index contributed by atoms with van der Waals surface area (Å²) < 4.78 is 21.9. The molecule has 0 N–H and O–H groups in total. The second-order valence-electron chi connectivity index (χ2n) is 7.49. The lowest BCUT2D eigenvalue weighted by Gasteiger charge is -2.21. The third-order valence-corrected chi connectivity index (χ3v) is 6.01. The molecule has 0 saturated heterocycles. The summed E-state index contributed by atoms with van der Waals surface area (Å²) in [5.74, 6) is 1.93. The third-order valence-electron chi connectivity index (χ3n) is 6.01. The molecule has 6 heteroatoms. The molecule has 32 heavy (non-hydrogen) atoms. The van der Waals surface area contributed by atoms with Gasteiger partial charge in [-0.25, -0.2) is 0 Å². The molecule has 0 heterocycles. The largest absolute Gasteiger partial charge is 0.496 e. The standard InChI is InChI=1S/C26H20O6/c1-29-21-5-6-22(30-2)14-10-18-17(9-13(14)21)25(27)19-11-15-16(12-20(19)26(18)28)24(32-4)8-7-23(15)31-3/h5-12H,1-4H3. The van der Waals surface area contributed by atoms with Gasteiger partial charge in [-0.3, -0.25) is 9.59 Å². The molecule has 0 bridgehead atoms. The first-order valence-corrected chi connectivity index (χ1v) is 9.99. The van der Waals surface area contributed by atoms with E-state index in [0.717, 1.165) is 0 Å². The van der Waals surface area contributed by atoms with Gasteiger partial charge in [0.15, 0.2) is 11.6 Å². The van der Waals surface area contributed by atoms with E-state index in [1.807, 2.05) is 0 Å². The number of hydrogen-bond acceptors (Lipinski definition) is 6. The lowest BCUT2D eigenvalue weighted by molar-refractivity contribution is 0.0979. The van der Waals surface area contributed by atoms with Crippen molar-refractivity contribution in [1.29, 1.82) is 0 Å². The maximum absolute atomic E-state index is 13.6. The lowest BCUT2D eigenvalue weighted by Crippen LogP contribution is -2.21. The van der Waals surface area contributed by atoms with Crippen LogP contribution >= 0.6 is 0 Å². The molecule has 0 atom stereocenters. The molecular weight excluding hydrogens is 408 g/mol. The van der Waals surface area contributed by atoms with Crippen molar-refractivity contribution in [1.82, 2.24) is 0 Å². The summed E-state index contributed by atoms with van der Waals surface area (Å²) >= 11 is 0. The number of fused-ring (bicyclic) bond motifs is 4. The van der Waals surface area contributed by atoms with Gasteiger partial charge in [-0.05, 0) is 48.5 Å². The van der Waals surface area contributed by atoms with E-state index in [1.165, 1.54) is 0 Å². The molecule has 4 aromatic carbocycles. The van der Waals surface area contributed by atoms with Gasteiger partial charge in [0, 0.05) is 43.8 Å². The van der Waals surface area contributed by atoms with Crippen LogP contribution in [0.3, 0.4) is 0 Å². The maximum atomic E-state index is 13.6. The number of rotatable bonds is 4. The van der Waals surface area contributed by atoms with E-state index in [-0.39, 0.29) is 11.6 Å². The number of methoxy groups -OCH3 is 4. The van der Waals surface area contributed by atoms with E-state index in [1.54, 1.807) is 77.0 Å². The van der Waals surface area contributed by atoms with Crippen molar-refractivity contribution >= 4 is 33.1 Å². The Morgan fingerprint density at radius 3 is 0.844 bits per heavy atom. The van der Waals surface area contributed by atoms with Gasteiger partial charge in [-0.1, -0.05) is 0 Å². The van der Waals surface area contributed by atoms with E-state index in [4.69, 9.17) is 18.9 Å². The number of ketones is 2. The van der Waals surface area contributed by atoms with Crippen LogP contribution in [0.5, 0.6) is 23.0 Å². The van der Waals surface area contributed by atoms with E-state index in [2.05, 4.69) is 0 Å². The number of hydrogen-bond donors (Lipinski definition) is 0. The molecule has 5 rings (SSSR count). The number of carbonyl (C=O) groups is 2. The molecule has 1 aliphatic carbocycles. The van der Waals surface area contributed by atoms with Crippen molar-refractivity contribution in [3.05, 3.63) is 70.8 Å². The average Bonchev–Trinajstić information content (AvgIpc) is 2.84. The van der Waals surface area contributed by atoms with E-state index < -0.39 is 0 Å². The van der Waals surface area contributed by atoms with E-state index in [9.17, 15) is 9.59 Å². The molecule has 0 aliphatic heterocycles. The first-order chi connectivity index (χ1) is 15.5. The Morgan fingerprint density at radius 2 is 0.656 bits per heavy atom. The van der Waals surface area contributed by atoms with E-state index >= 15 is 0 Å². The van der Waals surface area contributed by atoms with Gasteiger partial charge in [0.25, 0.3) is 0 Å². The predicted molar refractivity (Wildman–Crippen MR) is 121 cm³/mol. The Bertz CT molecular complexity index is 1230. The van der Waals surface area contributed by atoms with Gasteiger partial charge >= 0.3 is 0 Å². The molecule has 160 valence electrons. The summed E-state index contributed by atoms with van der Waals surface area (Å²) in [5, 5.41) is 2.82. The minimum atomic E-state index is -0.229. The van der Waals surface area contributed by atoms with Crippen LogP contribution in [0.2, 0.25) is 0 Å². The Balaban J connectivity index is 1.83. The second kappa shape index (κ2) is 7.27. The fourth-order valence-electron chi connectivity index (χ4n) is 4.43. The quantitative estimate of drug-likeness (QED) is 0.409. The summed E-state index contributed by atoms with van der Waals surface area (Å²) in [5.41, 5.74) is 1.34. The van der Waals surface area contributed by atoms with Crippen LogP contribution in [0, 0.1) is 0 Å². The Kier molecular flexibility index (Phi) is 4.51. The Hall–Kier alpha value is -4.06. The van der Waals surface area contributed by atoms with Gasteiger partial charge in [0.05, 0.1) is 28.4 Å². The molecule has 0 radical (unpaired) electrons. The first kappa shape index (κ1) is 19.9. The predicted octanol–water partition coefficient (Wildman–Crippen LogP) is 4.80. The molecule has 0 saturated carbocycles. The zero-order valence-electron chi connectivity index (χ0n) is 18.1. The summed E-state index contributed by atoms with van der Waals surface area (Å²) in [6, 6.07) is 14.0. The fraction of sp³-hybridized carbons (Fsp3) is 0.154. The number of ether oxygens (including phenoxy) is 4. The van der Waals surface area contributed by atoms with Crippen LogP contribution in [-0.4, -0.2) is 40.0 Å². The normalized spacial score (nSPS) is 12.5. The topological polar surface area (TPSA) is 71.1 Å². The molecule has 0 fully saturated rings. The molecule has 6 nitrogen and oxygen atoms in total. The first-order valence-electron chi connectivity index (χ1n) is 9.99. The average molecular weight is 428 g/mol. The van der Waals surface area contributed by atoms with Crippen molar-refractivity contribution in [2.75, 3.05) is 28.4 Å². The molecular formula is C26H20O6. The third kappa shape index (κ3) is 2.66. The summed E-state index contributed by atoms with van der Waals surface area (Å²) in [6.07, 6.45) is 0. The van der Waals surface area contributed by atoms with Crippen molar-refractivity contribution in [3.8, 4) is 23.0 Å². The minimum absolute atomic E-state index is 0.229. The van der Waals surface area contributed by atoms with Crippen molar-refractivity contribution in [3.63, 3.8) is 0 Å². The highest BCUT2D eigenvalue weighted by atomic mass is 16.5. The monoisotopic (exact) mass is 428 g/mol. The Labute approximate surface area is 184 Å². The van der Waals surface area contributed by atoms with Crippen molar-refractivity contribution in [2.45, 2.75) is 0 Å². The molecule has 0 spiro atoms. The maximum Gasteiger partial charge on any atom is 0.194 e. The highest BCUT2D eigenvalue weighted by Gasteiger charge is 2.32. The molecule has 4 aromatic rings. The summed E-state index contributed by atoms with van der Waals surface area (Å²) in [7, 11) is 6.26. The summed E-state index contributed by atoms with van der Waals surface area (Å²) in [6.45, 7) is 0.